The van der Waals surface area contributed by atoms with Crippen molar-refractivity contribution in [3.63, 3.8) is 0 Å². The zero-order valence-corrected chi connectivity index (χ0v) is 11.0. The molecule has 4 heteroatoms. The van der Waals surface area contributed by atoms with Crippen molar-refractivity contribution in [3.8, 4) is 0 Å². The van der Waals surface area contributed by atoms with Crippen LogP contribution in [-0.4, -0.2) is 40.0 Å². The van der Waals surface area contributed by atoms with Crippen molar-refractivity contribution in [2.75, 3.05) is 13.1 Å². The highest BCUT2D eigenvalue weighted by Gasteiger charge is 2.22. The van der Waals surface area contributed by atoms with Crippen molar-refractivity contribution in [1.29, 1.82) is 0 Å². The fourth-order valence-corrected chi connectivity index (χ4v) is 2.31. The van der Waals surface area contributed by atoms with E-state index in [-0.39, 0.29) is 0 Å². The zero-order chi connectivity index (χ0) is 12.3. The molecule has 0 saturated carbocycles. The summed E-state index contributed by atoms with van der Waals surface area (Å²) in [5.41, 5.74) is 2.05. The lowest BCUT2D eigenvalue weighted by Gasteiger charge is -2.17. The molecule has 0 bridgehead atoms. The Labute approximate surface area is 103 Å². The third-order valence-corrected chi connectivity index (χ3v) is 3.06. The van der Waals surface area contributed by atoms with Crippen LogP contribution in [0.3, 0.4) is 0 Å². The van der Waals surface area contributed by atoms with Crippen LogP contribution in [0.1, 0.15) is 31.7 Å². The Bertz CT molecular complexity index is 347. The van der Waals surface area contributed by atoms with Crippen LogP contribution >= 0.6 is 0 Å². The number of aryl methyl sites for hydroxylation is 1. The van der Waals surface area contributed by atoms with Crippen LogP contribution in [0.5, 0.6) is 0 Å². The lowest BCUT2D eigenvalue weighted by Crippen LogP contribution is -2.36. The van der Waals surface area contributed by atoms with E-state index in [1.807, 2.05) is 19.3 Å². The highest BCUT2D eigenvalue weighted by molar-refractivity contribution is 5.01. The fraction of sp³-hybridized carbons (Fsp3) is 0.692. The second-order valence-corrected chi connectivity index (χ2v) is 5.19. The molecule has 2 rings (SSSR count). The second kappa shape index (κ2) is 5.56. The van der Waals surface area contributed by atoms with Gasteiger partial charge in [-0.2, -0.15) is 0 Å². The Morgan fingerprint density at radius 1 is 1.41 bits per heavy atom. The summed E-state index contributed by atoms with van der Waals surface area (Å²) in [7, 11) is 0. The van der Waals surface area contributed by atoms with Crippen LogP contribution < -0.4 is 5.32 Å². The molecule has 1 unspecified atom stereocenters. The van der Waals surface area contributed by atoms with Crippen molar-refractivity contribution in [1.82, 2.24) is 20.2 Å². The van der Waals surface area contributed by atoms with Gasteiger partial charge in [-0.25, -0.2) is 0 Å². The normalized spacial score (nSPS) is 21.3. The number of rotatable bonds is 4. The van der Waals surface area contributed by atoms with E-state index in [1.54, 1.807) is 0 Å². The Morgan fingerprint density at radius 2 is 2.24 bits per heavy atom. The fourth-order valence-electron chi connectivity index (χ4n) is 2.31. The van der Waals surface area contributed by atoms with Crippen molar-refractivity contribution in [2.45, 2.75) is 45.8 Å². The third-order valence-electron chi connectivity index (χ3n) is 3.06. The number of aromatic nitrogens is 2. The van der Waals surface area contributed by atoms with Crippen molar-refractivity contribution >= 4 is 0 Å². The zero-order valence-electron chi connectivity index (χ0n) is 11.0. The number of nitrogens with zero attached hydrogens (tertiary/aromatic N) is 3. The molecule has 0 amide bonds. The molecule has 1 N–H and O–H groups in total. The minimum absolute atomic E-state index is 0.569. The molecule has 94 valence electrons. The van der Waals surface area contributed by atoms with E-state index in [2.05, 4.69) is 34.0 Å². The van der Waals surface area contributed by atoms with Gasteiger partial charge in [-0.3, -0.25) is 14.9 Å². The minimum atomic E-state index is 0.569. The number of likely N-dealkylation sites (tertiary alicyclic amines) is 1. The molecule has 1 saturated heterocycles. The molecule has 1 aromatic rings. The van der Waals surface area contributed by atoms with E-state index in [0.717, 1.165) is 31.0 Å². The highest BCUT2D eigenvalue weighted by Crippen LogP contribution is 2.12. The molecule has 0 aliphatic carbocycles. The SMILES string of the molecule is Cc1cnc(CN2CCC(NC(C)C)C2)cn1. The van der Waals surface area contributed by atoms with E-state index >= 15 is 0 Å². The van der Waals surface area contributed by atoms with Crippen LogP contribution in [0, 0.1) is 6.92 Å². The molecule has 1 fully saturated rings. The van der Waals surface area contributed by atoms with Crippen LogP contribution in [-0.2, 0) is 6.54 Å². The minimum Gasteiger partial charge on any atom is -0.310 e. The molecule has 0 aromatic carbocycles. The molecule has 0 spiro atoms. The molecule has 2 heterocycles. The van der Waals surface area contributed by atoms with Gasteiger partial charge in [0, 0.05) is 44.1 Å². The molecule has 0 radical (unpaired) electrons. The number of hydrogen-bond acceptors (Lipinski definition) is 4. The molecule has 1 atom stereocenters. The Morgan fingerprint density at radius 3 is 2.88 bits per heavy atom. The topological polar surface area (TPSA) is 41.1 Å². The summed E-state index contributed by atoms with van der Waals surface area (Å²) in [5, 5.41) is 3.59. The predicted molar refractivity (Wildman–Crippen MR) is 68.7 cm³/mol. The summed E-state index contributed by atoms with van der Waals surface area (Å²) in [5.74, 6) is 0. The van der Waals surface area contributed by atoms with Crippen LogP contribution in [0.25, 0.3) is 0 Å². The van der Waals surface area contributed by atoms with Gasteiger partial charge in [0.25, 0.3) is 0 Å². The summed E-state index contributed by atoms with van der Waals surface area (Å²) in [4.78, 5) is 11.1. The quantitative estimate of drug-likeness (QED) is 0.854. The lowest BCUT2D eigenvalue weighted by atomic mass is 10.2. The van der Waals surface area contributed by atoms with E-state index < -0.39 is 0 Å². The van der Waals surface area contributed by atoms with Gasteiger partial charge in [-0.1, -0.05) is 13.8 Å². The first-order valence-electron chi connectivity index (χ1n) is 6.39. The van der Waals surface area contributed by atoms with Gasteiger partial charge in [0.05, 0.1) is 11.4 Å². The Kier molecular flexibility index (Phi) is 4.07. The predicted octanol–water partition coefficient (Wildman–Crippen LogP) is 1.36. The third kappa shape index (κ3) is 3.75. The molecule has 17 heavy (non-hydrogen) atoms. The average Bonchev–Trinajstić information content (AvgIpc) is 2.68. The van der Waals surface area contributed by atoms with Gasteiger partial charge in [0.2, 0.25) is 0 Å². The second-order valence-electron chi connectivity index (χ2n) is 5.19. The van der Waals surface area contributed by atoms with Gasteiger partial charge >= 0.3 is 0 Å². The largest absolute Gasteiger partial charge is 0.310 e. The van der Waals surface area contributed by atoms with Gasteiger partial charge in [0.15, 0.2) is 0 Å². The van der Waals surface area contributed by atoms with E-state index in [4.69, 9.17) is 0 Å². The maximum absolute atomic E-state index is 4.40. The Hall–Kier alpha value is -1.00. The molecule has 1 aliphatic rings. The smallest absolute Gasteiger partial charge is 0.0727 e. The van der Waals surface area contributed by atoms with Gasteiger partial charge in [-0.05, 0) is 13.3 Å². The monoisotopic (exact) mass is 234 g/mol. The maximum Gasteiger partial charge on any atom is 0.0727 e. The van der Waals surface area contributed by atoms with Crippen LogP contribution in [0.15, 0.2) is 12.4 Å². The lowest BCUT2D eigenvalue weighted by molar-refractivity contribution is 0.313. The van der Waals surface area contributed by atoms with Crippen LogP contribution in [0.2, 0.25) is 0 Å². The average molecular weight is 234 g/mol. The summed E-state index contributed by atoms with van der Waals surface area (Å²) in [6.45, 7) is 9.56. The summed E-state index contributed by atoms with van der Waals surface area (Å²) in [6, 6.07) is 1.20. The molecule has 1 aliphatic heterocycles. The first-order chi connectivity index (χ1) is 8.13. The number of hydrogen-bond donors (Lipinski definition) is 1. The van der Waals surface area contributed by atoms with Crippen molar-refractivity contribution in [3.05, 3.63) is 23.8 Å². The molecule has 1 aromatic heterocycles. The molecule has 4 nitrogen and oxygen atoms in total. The van der Waals surface area contributed by atoms with E-state index in [1.165, 1.54) is 6.42 Å². The Balaban J connectivity index is 1.83. The van der Waals surface area contributed by atoms with E-state index in [9.17, 15) is 0 Å². The maximum atomic E-state index is 4.40. The van der Waals surface area contributed by atoms with Gasteiger partial charge in [0.1, 0.15) is 0 Å². The standard InChI is InChI=1S/C13H22N4/c1-10(2)16-12-4-5-17(8-12)9-13-7-14-11(3)6-15-13/h6-7,10,12,16H,4-5,8-9H2,1-3H3. The summed E-state index contributed by atoms with van der Waals surface area (Å²) < 4.78 is 0. The van der Waals surface area contributed by atoms with Crippen molar-refractivity contribution in [2.24, 2.45) is 0 Å². The summed E-state index contributed by atoms with van der Waals surface area (Å²) >= 11 is 0. The van der Waals surface area contributed by atoms with Gasteiger partial charge < -0.3 is 5.32 Å². The first kappa shape index (κ1) is 12.5. The van der Waals surface area contributed by atoms with Crippen LogP contribution in [0.4, 0.5) is 0 Å². The summed E-state index contributed by atoms with van der Waals surface area (Å²) in [6.07, 6.45) is 4.96. The van der Waals surface area contributed by atoms with Crippen molar-refractivity contribution < 1.29 is 0 Å². The molecular formula is C13H22N4. The van der Waals surface area contributed by atoms with E-state index in [0.29, 0.717) is 12.1 Å². The number of nitrogens with one attached hydrogen (secondary N) is 1. The molecular weight excluding hydrogens is 212 g/mol. The highest BCUT2D eigenvalue weighted by atomic mass is 15.2. The first-order valence-corrected chi connectivity index (χ1v) is 6.39. The van der Waals surface area contributed by atoms with Gasteiger partial charge in [-0.15, -0.1) is 0 Å².